The third kappa shape index (κ3) is 2.37. The highest BCUT2D eigenvalue weighted by atomic mass is 35.5. The lowest BCUT2D eigenvalue weighted by Gasteiger charge is -2.12. The highest BCUT2D eigenvalue weighted by Crippen LogP contribution is 2.23. The van der Waals surface area contributed by atoms with Gasteiger partial charge in [0.1, 0.15) is 0 Å². The number of halogens is 1. The summed E-state index contributed by atoms with van der Waals surface area (Å²) in [4.78, 5) is 3.91. The minimum Gasteiger partial charge on any atom is -0.386 e. The maximum Gasteiger partial charge on any atom is 0.0983 e. The van der Waals surface area contributed by atoms with Crippen molar-refractivity contribution in [3.05, 3.63) is 53.6 Å². The number of imidazole rings is 1. The Labute approximate surface area is 93.0 Å². The summed E-state index contributed by atoms with van der Waals surface area (Å²) >= 11 is 5.97. The van der Waals surface area contributed by atoms with Crippen molar-refractivity contribution in [1.82, 2.24) is 9.55 Å². The number of benzene rings is 1. The lowest BCUT2D eigenvalue weighted by molar-refractivity contribution is 0.156. The first kappa shape index (κ1) is 10.2. The molecule has 0 saturated carbocycles. The fourth-order valence-electron chi connectivity index (χ4n) is 1.44. The summed E-state index contributed by atoms with van der Waals surface area (Å²) in [7, 11) is 0. The first-order valence-electron chi connectivity index (χ1n) is 4.65. The van der Waals surface area contributed by atoms with Crippen molar-refractivity contribution < 1.29 is 5.11 Å². The van der Waals surface area contributed by atoms with Crippen molar-refractivity contribution in [2.24, 2.45) is 0 Å². The fourth-order valence-corrected chi connectivity index (χ4v) is 1.70. The molecule has 0 aliphatic rings. The number of aliphatic hydroxyl groups excluding tert-OH is 1. The molecular weight excluding hydrogens is 212 g/mol. The van der Waals surface area contributed by atoms with Crippen LogP contribution in [-0.2, 0) is 6.54 Å². The quantitative estimate of drug-likeness (QED) is 0.865. The molecule has 4 heteroatoms. The molecule has 0 amide bonds. The molecule has 0 aliphatic carbocycles. The Hall–Kier alpha value is -1.32. The van der Waals surface area contributed by atoms with E-state index in [1.54, 1.807) is 24.8 Å². The average Bonchev–Trinajstić information content (AvgIpc) is 2.71. The summed E-state index contributed by atoms with van der Waals surface area (Å²) in [5, 5.41) is 10.5. The Balaban J connectivity index is 2.15. The molecule has 1 atom stereocenters. The van der Waals surface area contributed by atoms with Gasteiger partial charge in [-0.15, -0.1) is 0 Å². The zero-order valence-electron chi connectivity index (χ0n) is 8.05. The van der Waals surface area contributed by atoms with E-state index in [0.29, 0.717) is 11.6 Å². The maximum atomic E-state index is 9.94. The number of nitrogens with zero attached hydrogens (tertiary/aromatic N) is 2. The topological polar surface area (TPSA) is 38.0 Å². The molecule has 2 aromatic rings. The van der Waals surface area contributed by atoms with Gasteiger partial charge in [0.05, 0.1) is 19.0 Å². The van der Waals surface area contributed by atoms with Crippen LogP contribution in [0, 0.1) is 0 Å². The van der Waals surface area contributed by atoms with Crippen LogP contribution in [0.5, 0.6) is 0 Å². The molecule has 0 saturated heterocycles. The van der Waals surface area contributed by atoms with Gasteiger partial charge in [0.15, 0.2) is 0 Å². The third-order valence-electron chi connectivity index (χ3n) is 2.21. The van der Waals surface area contributed by atoms with Gasteiger partial charge in [-0.2, -0.15) is 0 Å². The Morgan fingerprint density at radius 3 is 2.87 bits per heavy atom. The average molecular weight is 223 g/mol. The summed E-state index contributed by atoms with van der Waals surface area (Å²) in [5.41, 5.74) is 0.743. The van der Waals surface area contributed by atoms with E-state index in [1.165, 1.54) is 0 Å². The molecule has 1 aromatic heterocycles. The predicted octanol–water partition coefficient (Wildman–Crippen LogP) is 2.27. The van der Waals surface area contributed by atoms with E-state index in [9.17, 15) is 5.11 Å². The highest BCUT2D eigenvalue weighted by Gasteiger charge is 2.10. The van der Waals surface area contributed by atoms with Crippen molar-refractivity contribution in [1.29, 1.82) is 0 Å². The van der Waals surface area contributed by atoms with Gasteiger partial charge in [0.2, 0.25) is 0 Å². The van der Waals surface area contributed by atoms with Crippen LogP contribution in [0.15, 0.2) is 43.0 Å². The van der Waals surface area contributed by atoms with Crippen LogP contribution in [0.1, 0.15) is 11.7 Å². The summed E-state index contributed by atoms with van der Waals surface area (Å²) in [6.45, 7) is 0.462. The molecule has 0 aliphatic heterocycles. The molecular formula is C11H11ClN2O. The van der Waals surface area contributed by atoms with Gasteiger partial charge in [0, 0.05) is 23.0 Å². The van der Waals surface area contributed by atoms with Gasteiger partial charge in [-0.05, 0) is 6.07 Å². The number of hydrogen-bond donors (Lipinski definition) is 1. The fraction of sp³-hybridized carbons (Fsp3) is 0.182. The predicted molar refractivity (Wildman–Crippen MR) is 58.6 cm³/mol. The Bertz CT molecular complexity index is 428. The smallest absolute Gasteiger partial charge is 0.0983 e. The zero-order valence-corrected chi connectivity index (χ0v) is 8.80. The van der Waals surface area contributed by atoms with Crippen molar-refractivity contribution in [2.45, 2.75) is 12.6 Å². The van der Waals surface area contributed by atoms with Gasteiger partial charge in [0.25, 0.3) is 0 Å². The van der Waals surface area contributed by atoms with Gasteiger partial charge in [-0.25, -0.2) is 4.98 Å². The van der Waals surface area contributed by atoms with E-state index in [2.05, 4.69) is 4.98 Å². The highest BCUT2D eigenvalue weighted by molar-refractivity contribution is 6.31. The number of hydrogen-bond acceptors (Lipinski definition) is 2. The molecule has 1 aromatic carbocycles. The molecule has 2 rings (SSSR count). The number of aromatic nitrogens is 2. The molecule has 3 nitrogen and oxygen atoms in total. The zero-order chi connectivity index (χ0) is 10.7. The minimum atomic E-state index is -0.604. The van der Waals surface area contributed by atoms with E-state index in [1.807, 2.05) is 22.8 Å². The maximum absolute atomic E-state index is 9.94. The van der Waals surface area contributed by atoms with Crippen molar-refractivity contribution >= 4 is 11.6 Å². The van der Waals surface area contributed by atoms with Crippen LogP contribution in [0.2, 0.25) is 5.02 Å². The second-order valence-electron chi connectivity index (χ2n) is 3.30. The number of aliphatic hydroxyl groups is 1. The van der Waals surface area contributed by atoms with Crippen LogP contribution in [0.25, 0.3) is 0 Å². The first-order chi connectivity index (χ1) is 7.27. The van der Waals surface area contributed by atoms with E-state index in [4.69, 9.17) is 11.6 Å². The standard InChI is InChI=1S/C11H11ClN2O/c12-10-4-2-1-3-9(10)11(15)7-14-6-5-13-8-14/h1-6,8,11,15H,7H2/t11-/m0/s1. The molecule has 1 heterocycles. The lowest BCUT2D eigenvalue weighted by Crippen LogP contribution is -2.07. The van der Waals surface area contributed by atoms with Gasteiger partial charge < -0.3 is 9.67 Å². The van der Waals surface area contributed by atoms with Crippen molar-refractivity contribution in [2.75, 3.05) is 0 Å². The van der Waals surface area contributed by atoms with E-state index in [-0.39, 0.29) is 0 Å². The normalized spacial score (nSPS) is 12.7. The van der Waals surface area contributed by atoms with E-state index < -0.39 is 6.10 Å². The SMILES string of the molecule is O[C@@H](Cn1ccnc1)c1ccccc1Cl. The summed E-state index contributed by atoms with van der Waals surface area (Å²) in [6.07, 6.45) is 4.55. The summed E-state index contributed by atoms with van der Waals surface area (Å²) in [6, 6.07) is 7.30. The second-order valence-corrected chi connectivity index (χ2v) is 3.70. The lowest BCUT2D eigenvalue weighted by atomic mass is 10.1. The Morgan fingerprint density at radius 1 is 1.40 bits per heavy atom. The van der Waals surface area contributed by atoms with Crippen molar-refractivity contribution in [3.8, 4) is 0 Å². The minimum absolute atomic E-state index is 0.462. The molecule has 0 spiro atoms. The van der Waals surface area contributed by atoms with E-state index >= 15 is 0 Å². The third-order valence-corrected chi connectivity index (χ3v) is 2.55. The van der Waals surface area contributed by atoms with E-state index in [0.717, 1.165) is 5.56 Å². The van der Waals surface area contributed by atoms with Crippen molar-refractivity contribution in [3.63, 3.8) is 0 Å². The van der Waals surface area contributed by atoms with Crippen LogP contribution in [0.3, 0.4) is 0 Å². The Kier molecular flexibility index (Phi) is 3.04. The van der Waals surface area contributed by atoms with Crippen LogP contribution < -0.4 is 0 Å². The van der Waals surface area contributed by atoms with Crippen LogP contribution in [-0.4, -0.2) is 14.7 Å². The Morgan fingerprint density at radius 2 is 2.20 bits per heavy atom. The molecule has 0 fully saturated rings. The molecule has 0 bridgehead atoms. The largest absolute Gasteiger partial charge is 0.386 e. The summed E-state index contributed by atoms with van der Waals surface area (Å²) < 4.78 is 1.81. The number of rotatable bonds is 3. The van der Waals surface area contributed by atoms with Crippen LogP contribution in [0.4, 0.5) is 0 Å². The molecule has 15 heavy (non-hydrogen) atoms. The molecule has 0 unspecified atom stereocenters. The molecule has 1 N–H and O–H groups in total. The molecule has 0 radical (unpaired) electrons. The van der Waals surface area contributed by atoms with Gasteiger partial charge in [-0.3, -0.25) is 0 Å². The van der Waals surface area contributed by atoms with Gasteiger partial charge >= 0.3 is 0 Å². The second kappa shape index (κ2) is 4.47. The summed E-state index contributed by atoms with van der Waals surface area (Å²) in [5.74, 6) is 0. The van der Waals surface area contributed by atoms with Gasteiger partial charge in [-0.1, -0.05) is 29.8 Å². The molecule has 78 valence electrons. The monoisotopic (exact) mass is 222 g/mol. The first-order valence-corrected chi connectivity index (χ1v) is 5.03. The van der Waals surface area contributed by atoms with Crippen LogP contribution >= 0.6 is 11.6 Å².